The molecule has 3 heteroatoms. The van der Waals surface area contributed by atoms with E-state index in [1.165, 1.54) is 54.4 Å². The maximum atomic E-state index is 5.13. The zero-order valence-corrected chi connectivity index (χ0v) is 15.0. The van der Waals surface area contributed by atoms with Gasteiger partial charge in [0.2, 0.25) is 0 Å². The lowest BCUT2D eigenvalue weighted by atomic mass is 10.1. The fraction of sp³-hybridized carbons (Fsp3) is 0.261. The van der Waals surface area contributed by atoms with Crippen LogP contribution in [-0.4, -0.2) is 22.5 Å². The average Bonchev–Trinajstić information content (AvgIpc) is 3.08. The average molecular weight is 342 g/mol. The summed E-state index contributed by atoms with van der Waals surface area (Å²) in [5.41, 5.74) is 4.77. The molecule has 0 unspecified atom stereocenters. The van der Waals surface area contributed by atoms with Crippen LogP contribution in [0.4, 0.5) is 0 Å². The molecule has 0 radical (unpaired) electrons. The van der Waals surface area contributed by atoms with Gasteiger partial charge in [-0.25, -0.2) is 4.98 Å². The van der Waals surface area contributed by atoms with Crippen molar-refractivity contribution in [3.8, 4) is 11.3 Å². The highest BCUT2D eigenvalue weighted by Gasteiger charge is 2.21. The van der Waals surface area contributed by atoms with Gasteiger partial charge in [-0.2, -0.15) is 0 Å². The summed E-state index contributed by atoms with van der Waals surface area (Å²) in [6.45, 7) is 3.59. The Kier molecular flexibility index (Phi) is 3.95. The lowest BCUT2D eigenvalue weighted by Crippen LogP contribution is -3.11. The number of hydrogen-bond donors (Lipinski definition) is 1. The fourth-order valence-electron chi connectivity index (χ4n) is 4.28. The number of fused-ring (bicyclic) bond motifs is 3. The zero-order valence-electron chi connectivity index (χ0n) is 15.0. The van der Waals surface area contributed by atoms with Crippen molar-refractivity contribution < 1.29 is 4.90 Å². The second kappa shape index (κ2) is 6.58. The molecule has 0 spiro atoms. The molecule has 1 fully saturated rings. The summed E-state index contributed by atoms with van der Waals surface area (Å²) >= 11 is 0. The Morgan fingerprint density at radius 1 is 0.846 bits per heavy atom. The Bertz CT molecular complexity index is 1040. The van der Waals surface area contributed by atoms with Gasteiger partial charge in [0.05, 0.1) is 18.8 Å². The normalized spacial score (nSPS) is 15.7. The van der Waals surface area contributed by atoms with E-state index in [9.17, 15) is 0 Å². The minimum atomic E-state index is 1.05. The van der Waals surface area contributed by atoms with E-state index in [2.05, 4.69) is 71.3 Å². The van der Waals surface area contributed by atoms with Gasteiger partial charge in [-0.3, -0.25) is 4.40 Å². The van der Waals surface area contributed by atoms with Gasteiger partial charge < -0.3 is 4.90 Å². The van der Waals surface area contributed by atoms with Gasteiger partial charge in [0.1, 0.15) is 17.9 Å². The summed E-state index contributed by atoms with van der Waals surface area (Å²) < 4.78 is 2.33. The zero-order chi connectivity index (χ0) is 17.3. The van der Waals surface area contributed by atoms with Crippen LogP contribution in [0.15, 0.2) is 66.9 Å². The van der Waals surface area contributed by atoms with Gasteiger partial charge in [-0.15, -0.1) is 0 Å². The van der Waals surface area contributed by atoms with Crippen molar-refractivity contribution in [3.63, 3.8) is 0 Å². The number of quaternary nitrogens is 1. The van der Waals surface area contributed by atoms with Crippen molar-refractivity contribution in [2.24, 2.45) is 0 Å². The van der Waals surface area contributed by atoms with Crippen molar-refractivity contribution in [3.05, 3.63) is 72.6 Å². The molecule has 1 aliphatic heterocycles. The molecule has 130 valence electrons. The monoisotopic (exact) mass is 342 g/mol. The number of rotatable bonds is 3. The van der Waals surface area contributed by atoms with Gasteiger partial charge in [-0.1, -0.05) is 54.6 Å². The molecule has 2 aromatic carbocycles. The summed E-state index contributed by atoms with van der Waals surface area (Å²) in [5, 5.41) is 2.48. The van der Waals surface area contributed by atoms with Crippen molar-refractivity contribution >= 4 is 16.4 Å². The second-order valence-electron chi connectivity index (χ2n) is 7.36. The maximum absolute atomic E-state index is 5.13. The lowest BCUT2D eigenvalue weighted by Gasteiger charge is -2.23. The van der Waals surface area contributed by atoms with E-state index in [-0.39, 0.29) is 0 Å². The first-order valence-electron chi connectivity index (χ1n) is 9.68. The Morgan fingerprint density at radius 3 is 2.46 bits per heavy atom. The smallest absolute Gasteiger partial charge is 0.145 e. The summed E-state index contributed by atoms with van der Waals surface area (Å²) in [7, 11) is 0. The van der Waals surface area contributed by atoms with Crippen LogP contribution in [0, 0.1) is 0 Å². The number of imidazole rings is 1. The lowest BCUT2D eigenvalue weighted by molar-refractivity contribution is -0.918. The second-order valence-corrected chi connectivity index (χ2v) is 7.36. The topological polar surface area (TPSA) is 21.7 Å². The van der Waals surface area contributed by atoms with E-state index < -0.39 is 0 Å². The van der Waals surface area contributed by atoms with Crippen LogP contribution in [0.2, 0.25) is 0 Å². The first kappa shape index (κ1) is 15.6. The number of nitrogens with one attached hydrogen (secondary N) is 1. The number of nitrogens with zero attached hydrogens (tertiary/aromatic N) is 2. The highest BCUT2D eigenvalue weighted by molar-refractivity contribution is 5.95. The summed E-state index contributed by atoms with van der Waals surface area (Å²) in [4.78, 5) is 6.81. The quantitative estimate of drug-likeness (QED) is 0.602. The van der Waals surface area contributed by atoms with Crippen LogP contribution in [0.25, 0.3) is 27.7 Å². The van der Waals surface area contributed by atoms with Crippen LogP contribution in [0.5, 0.6) is 0 Å². The predicted molar refractivity (Wildman–Crippen MR) is 106 cm³/mol. The molecule has 3 nitrogen and oxygen atoms in total. The van der Waals surface area contributed by atoms with E-state index in [4.69, 9.17) is 4.98 Å². The number of benzene rings is 2. The molecule has 1 saturated heterocycles. The Hall–Kier alpha value is -2.65. The SMILES string of the molecule is c1ccc(-c2nc3c4ccccc4ccn3c2C[NH+]2CCCCC2)cc1. The number of likely N-dealkylation sites (tertiary alicyclic amines) is 1. The molecule has 0 saturated carbocycles. The largest absolute Gasteiger partial charge is 0.330 e. The van der Waals surface area contributed by atoms with E-state index in [0.29, 0.717) is 0 Å². The first-order chi connectivity index (χ1) is 12.9. The molecule has 2 aromatic heterocycles. The fourth-order valence-corrected chi connectivity index (χ4v) is 4.28. The van der Waals surface area contributed by atoms with Crippen LogP contribution >= 0.6 is 0 Å². The molecule has 1 aliphatic rings. The molecule has 0 atom stereocenters. The van der Waals surface area contributed by atoms with E-state index >= 15 is 0 Å². The summed E-state index contributed by atoms with van der Waals surface area (Å²) in [5.74, 6) is 0. The van der Waals surface area contributed by atoms with Crippen molar-refractivity contribution in [2.75, 3.05) is 13.1 Å². The predicted octanol–water partition coefficient (Wildman–Crippen LogP) is 3.72. The van der Waals surface area contributed by atoms with Gasteiger partial charge in [0.15, 0.2) is 0 Å². The molecule has 26 heavy (non-hydrogen) atoms. The highest BCUT2D eigenvalue weighted by Crippen LogP contribution is 2.28. The Balaban J connectivity index is 1.72. The number of aromatic nitrogens is 2. The van der Waals surface area contributed by atoms with Crippen molar-refractivity contribution in [2.45, 2.75) is 25.8 Å². The molecular formula is C23H24N3+. The van der Waals surface area contributed by atoms with Gasteiger partial charge in [-0.05, 0) is 30.7 Å². The number of piperidine rings is 1. The van der Waals surface area contributed by atoms with E-state index in [0.717, 1.165) is 17.9 Å². The summed E-state index contributed by atoms with van der Waals surface area (Å²) in [6, 6.07) is 21.4. The molecule has 3 heterocycles. The highest BCUT2D eigenvalue weighted by atomic mass is 15.2. The van der Waals surface area contributed by atoms with E-state index in [1.807, 2.05) is 0 Å². The van der Waals surface area contributed by atoms with Gasteiger partial charge in [0.25, 0.3) is 0 Å². The Labute approximate surface area is 153 Å². The minimum absolute atomic E-state index is 1.05. The third-order valence-corrected chi connectivity index (χ3v) is 5.64. The minimum Gasteiger partial charge on any atom is -0.330 e. The van der Waals surface area contributed by atoms with E-state index in [1.54, 1.807) is 4.90 Å². The molecule has 5 rings (SSSR count). The standard InChI is InChI=1S/C23H23N3/c1-3-10-19(11-4-1)22-21(17-25-14-7-2-8-15-25)26-16-13-18-9-5-6-12-20(18)23(26)24-22/h1,3-6,9-13,16H,2,7-8,14-15,17H2/p+1. The third kappa shape index (κ3) is 2.69. The van der Waals surface area contributed by atoms with Gasteiger partial charge in [0, 0.05) is 17.1 Å². The molecule has 0 aliphatic carbocycles. The van der Waals surface area contributed by atoms with Crippen molar-refractivity contribution in [1.29, 1.82) is 0 Å². The molecule has 4 aromatic rings. The number of hydrogen-bond acceptors (Lipinski definition) is 1. The third-order valence-electron chi connectivity index (χ3n) is 5.64. The van der Waals surface area contributed by atoms with Crippen LogP contribution in [-0.2, 0) is 6.54 Å². The Morgan fingerprint density at radius 2 is 1.62 bits per heavy atom. The summed E-state index contributed by atoms with van der Waals surface area (Å²) in [6.07, 6.45) is 6.27. The number of pyridine rings is 1. The maximum Gasteiger partial charge on any atom is 0.145 e. The van der Waals surface area contributed by atoms with Gasteiger partial charge >= 0.3 is 0 Å². The van der Waals surface area contributed by atoms with Crippen LogP contribution in [0.1, 0.15) is 25.0 Å². The molecule has 1 N–H and O–H groups in total. The van der Waals surface area contributed by atoms with Crippen LogP contribution in [0.3, 0.4) is 0 Å². The first-order valence-corrected chi connectivity index (χ1v) is 9.68. The van der Waals surface area contributed by atoms with Crippen LogP contribution < -0.4 is 4.90 Å². The molecule has 0 amide bonds. The van der Waals surface area contributed by atoms with Crippen molar-refractivity contribution in [1.82, 2.24) is 9.38 Å². The molecule has 0 bridgehead atoms. The molecular weight excluding hydrogens is 318 g/mol.